The SMILES string of the molecule is Cn1c(Cn2ccc(C(F)(F)F)c(Oc3cc(Cl)cc(C#N)c3)c2=O)nn(COP(=O)(O)O)c1=O. The van der Waals surface area contributed by atoms with Gasteiger partial charge in [0.05, 0.1) is 18.2 Å². The van der Waals surface area contributed by atoms with Gasteiger partial charge in [0, 0.05) is 18.3 Å². The minimum Gasteiger partial charge on any atom is -0.451 e. The molecule has 0 aliphatic rings. The molecule has 0 unspecified atom stereocenters. The van der Waals surface area contributed by atoms with Crippen LogP contribution in [0.1, 0.15) is 17.0 Å². The van der Waals surface area contributed by atoms with Crippen molar-refractivity contribution in [3.8, 4) is 17.6 Å². The van der Waals surface area contributed by atoms with E-state index in [0.29, 0.717) is 10.7 Å². The van der Waals surface area contributed by atoms with Crippen molar-refractivity contribution in [1.29, 1.82) is 5.26 Å². The lowest BCUT2D eigenvalue weighted by atomic mass is 10.2. The Bertz CT molecular complexity index is 1490. The monoisotopic (exact) mass is 535 g/mol. The molecule has 186 valence electrons. The molecule has 2 N–H and O–H groups in total. The van der Waals surface area contributed by atoms with Crippen LogP contribution < -0.4 is 16.0 Å². The summed E-state index contributed by atoms with van der Waals surface area (Å²) in [4.78, 5) is 42.7. The number of phosphoric ester groups is 1. The minimum atomic E-state index is -4.97. The molecule has 0 amide bonds. The van der Waals surface area contributed by atoms with Crippen molar-refractivity contribution < 1.29 is 36.8 Å². The third kappa shape index (κ3) is 6.18. The highest BCUT2D eigenvalue weighted by molar-refractivity contribution is 7.46. The van der Waals surface area contributed by atoms with Crippen LogP contribution in [-0.4, -0.2) is 28.7 Å². The van der Waals surface area contributed by atoms with Crippen molar-refractivity contribution in [1.82, 2.24) is 18.9 Å². The molecule has 3 rings (SSSR count). The zero-order valence-electron chi connectivity index (χ0n) is 17.4. The number of ether oxygens (including phenoxy) is 1. The molecular formula is C18H14ClF3N5O7P. The summed E-state index contributed by atoms with van der Waals surface area (Å²) >= 11 is 5.85. The van der Waals surface area contributed by atoms with E-state index in [9.17, 15) is 27.3 Å². The first-order valence-corrected chi connectivity index (χ1v) is 11.1. The molecule has 12 nitrogen and oxygen atoms in total. The number of nitriles is 1. The summed E-state index contributed by atoms with van der Waals surface area (Å²) < 4.78 is 63.2. The number of benzene rings is 1. The first-order valence-electron chi connectivity index (χ1n) is 9.21. The molecule has 2 aromatic heterocycles. The Labute approximate surface area is 198 Å². The van der Waals surface area contributed by atoms with E-state index in [2.05, 4.69) is 9.62 Å². The lowest BCUT2D eigenvalue weighted by Gasteiger charge is -2.15. The average molecular weight is 536 g/mol. The number of hydrogen-bond donors (Lipinski definition) is 2. The number of rotatable bonds is 7. The van der Waals surface area contributed by atoms with Crippen molar-refractivity contribution >= 4 is 19.4 Å². The van der Waals surface area contributed by atoms with Crippen molar-refractivity contribution in [3.63, 3.8) is 0 Å². The quantitative estimate of drug-likeness (QED) is 0.432. The summed E-state index contributed by atoms with van der Waals surface area (Å²) in [6, 6.07) is 5.80. The normalized spacial score (nSPS) is 11.9. The fourth-order valence-corrected chi connectivity index (χ4v) is 3.33. The van der Waals surface area contributed by atoms with E-state index < -0.39 is 49.8 Å². The molecule has 0 saturated carbocycles. The van der Waals surface area contributed by atoms with Crippen LogP contribution in [0.25, 0.3) is 0 Å². The summed E-state index contributed by atoms with van der Waals surface area (Å²) in [5.74, 6) is -1.55. The summed E-state index contributed by atoms with van der Waals surface area (Å²) in [6.07, 6.45) is -4.16. The molecule has 0 fully saturated rings. The van der Waals surface area contributed by atoms with E-state index in [1.807, 2.05) is 0 Å². The maximum Gasteiger partial charge on any atom is 0.471 e. The Morgan fingerprint density at radius 1 is 1.26 bits per heavy atom. The zero-order valence-corrected chi connectivity index (χ0v) is 19.1. The second-order valence-corrected chi connectivity index (χ2v) is 8.56. The molecule has 0 radical (unpaired) electrons. The largest absolute Gasteiger partial charge is 0.471 e. The lowest BCUT2D eigenvalue weighted by Crippen LogP contribution is -2.27. The number of aromatic nitrogens is 4. The third-order valence-corrected chi connectivity index (χ3v) is 5.11. The smallest absolute Gasteiger partial charge is 0.451 e. The molecular weight excluding hydrogens is 522 g/mol. The molecule has 0 atom stereocenters. The highest BCUT2D eigenvalue weighted by Gasteiger charge is 2.36. The topological polar surface area (TPSA) is 162 Å². The van der Waals surface area contributed by atoms with Gasteiger partial charge >= 0.3 is 19.7 Å². The van der Waals surface area contributed by atoms with Gasteiger partial charge < -0.3 is 19.1 Å². The summed E-state index contributed by atoms with van der Waals surface area (Å²) in [7, 11) is -3.70. The van der Waals surface area contributed by atoms with Crippen LogP contribution >= 0.6 is 19.4 Å². The Balaban J connectivity index is 2.04. The first-order chi connectivity index (χ1) is 16.2. The summed E-state index contributed by atoms with van der Waals surface area (Å²) in [6.45, 7) is -1.43. The molecule has 17 heteroatoms. The predicted octanol–water partition coefficient (Wildman–Crippen LogP) is 2.19. The van der Waals surface area contributed by atoms with Gasteiger partial charge in [-0.15, -0.1) is 0 Å². The number of pyridine rings is 1. The van der Waals surface area contributed by atoms with Gasteiger partial charge in [-0.1, -0.05) is 11.6 Å². The molecule has 3 aromatic rings. The maximum absolute atomic E-state index is 13.6. The van der Waals surface area contributed by atoms with E-state index in [-0.39, 0.29) is 22.2 Å². The second-order valence-electron chi connectivity index (χ2n) is 6.88. The van der Waals surface area contributed by atoms with Gasteiger partial charge in [-0.2, -0.15) is 28.2 Å². The van der Waals surface area contributed by atoms with Crippen LogP contribution in [0.4, 0.5) is 13.2 Å². The Kier molecular flexibility index (Phi) is 7.25. The van der Waals surface area contributed by atoms with Crippen molar-refractivity contribution in [2.24, 2.45) is 7.05 Å². The number of nitrogens with zero attached hydrogens (tertiary/aromatic N) is 5. The zero-order chi connectivity index (χ0) is 26.1. The van der Waals surface area contributed by atoms with Crippen molar-refractivity contribution in [3.05, 3.63) is 73.3 Å². The maximum atomic E-state index is 13.6. The molecule has 0 aliphatic carbocycles. The van der Waals surface area contributed by atoms with E-state index in [1.54, 1.807) is 6.07 Å². The molecule has 0 saturated heterocycles. The third-order valence-electron chi connectivity index (χ3n) is 4.44. The van der Waals surface area contributed by atoms with Crippen LogP contribution in [0.2, 0.25) is 5.02 Å². The van der Waals surface area contributed by atoms with E-state index in [0.717, 1.165) is 27.5 Å². The summed E-state index contributed by atoms with van der Waals surface area (Å²) in [5, 5.41) is 12.8. The Hall–Kier alpha value is -3.41. The minimum absolute atomic E-state index is 0.0121. The molecule has 0 bridgehead atoms. The van der Waals surface area contributed by atoms with E-state index in [1.165, 1.54) is 13.1 Å². The fourth-order valence-electron chi connectivity index (χ4n) is 2.84. The highest BCUT2D eigenvalue weighted by atomic mass is 35.5. The number of hydrogen-bond acceptors (Lipinski definition) is 7. The van der Waals surface area contributed by atoms with Crippen LogP contribution in [0.15, 0.2) is 40.1 Å². The molecule has 35 heavy (non-hydrogen) atoms. The number of phosphoric acid groups is 1. The van der Waals surface area contributed by atoms with Crippen molar-refractivity contribution in [2.45, 2.75) is 19.5 Å². The standard InChI is InChI=1S/C18H14ClF3N5O7P/c1-25-14(24-27(17(25)29)9-33-35(30,31)32)8-26-3-2-13(18(20,21)22)15(16(26)28)34-12-5-10(7-23)4-11(19)6-12/h2-6H,8-9H2,1H3,(H2,30,31,32). The number of alkyl halides is 3. The van der Waals surface area contributed by atoms with Crippen LogP contribution in [0, 0.1) is 11.3 Å². The predicted molar refractivity (Wildman–Crippen MR) is 112 cm³/mol. The van der Waals surface area contributed by atoms with Gasteiger partial charge in [-0.3, -0.25) is 13.9 Å². The van der Waals surface area contributed by atoms with Gasteiger partial charge in [-0.05, 0) is 24.3 Å². The average Bonchev–Trinajstić information content (AvgIpc) is 3.01. The van der Waals surface area contributed by atoms with Gasteiger partial charge in [0.1, 0.15) is 11.3 Å². The van der Waals surface area contributed by atoms with Gasteiger partial charge in [0.2, 0.25) is 5.75 Å². The Morgan fingerprint density at radius 3 is 2.54 bits per heavy atom. The molecule has 1 aromatic carbocycles. The number of halogens is 4. The second kappa shape index (κ2) is 9.68. The lowest BCUT2D eigenvalue weighted by molar-refractivity contribution is -0.138. The molecule has 0 spiro atoms. The van der Waals surface area contributed by atoms with Gasteiger partial charge in [0.15, 0.2) is 12.6 Å². The van der Waals surface area contributed by atoms with Gasteiger partial charge in [0.25, 0.3) is 5.56 Å². The van der Waals surface area contributed by atoms with Crippen LogP contribution in [0.3, 0.4) is 0 Å². The van der Waals surface area contributed by atoms with E-state index >= 15 is 0 Å². The summed E-state index contributed by atoms with van der Waals surface area (Å²) in [5.41, 5.74) is -3.53. The fraction of sp³-hybridized carbons (Fsp3) is 0.222. The highest BCUT2D eigenvalue weighted by Crippen LogP contribution is 2.37. The van der Waals surface area contributed by atoms with E-state index in [4.69, 9.17) is 31.4 Å². The van der Waals surface area contributed by atoms with Crippen LogP contribution in [0.5, 0.6) is 11.5 Å². The molecule has 0 aliphatic heterocycles. The molecule has 2 heterocycles. The Morgan fingerprint density at radius 2 is 1.94 bits per heavy atom. The van der Waals surface area contributed by atoms with Crippen LogP contribution in [-0.2, 0) is 35.6 Å². The van der Waals surface area contributed by atoms with Gasteiger partial charge in [-0.25, -0.2) is 9.36 Å². The van der Waals surface area contributed by atoms with Crippen molar-refractivity contribution in [2.75, 3.05) is 0 Å². The first kappa shape index (κ1) is 26.2.